The van der Waals surface area contributed by atoms with E-state index in [2.05, 4.69) is 17.4 Å². The minimum Gasteiger partial charge on any atom is -0.493 e. The number of benzene rings is 2. The molecule has 0 bridgehead atoms. The first kappa shape index (κ1) is 14.4. The lowest BCUT2D eigenvalue weighted by Crippen LogP contribution is -2.27. The van der Waals surface area contributed by atoms with Gasteiger partial charge < -0.3 is 14.8 Å². The third-order valence-corrected chi connectivity index (χ3v) is 4.08. The molecule has 0 radical (unpaired) electrons. The zero-order chi connectivity index (χ0) is 15.5. The van der Waals surface area contributed by atoms with Gasteiger partial charge in [0.2, 0.25) is 0 Å². The molecule has 1 aliphatic carbocycles. The molecule has 22 heavy (non-hydrogen) atoms. The molecule has 1 aliphatic rings. The molecule has 2 aromatic carbocycles. The fraction of sp³-hybridized carbons (Fsp3) is 0.278. The molecule has 1 atom stereocenters. The van der Waals surface area contributed by atoms with E-state index in [0.717, 1.165) is 12.8 Å². The molecule has 0 unspecified atom stereocenters. The Morgan fingerprint density at radius 1 is 1.09 bits per heavy atom. The first-order valence-corrected chi connectivity index (χ1v) is 7.33. The molecule has 1 amide bonds. The van der Waals surface area contributed by atoms with Crippen LogP contribution in [0.2, 0.25) is 0 Å². The Hall–Kier alpha value is -2.49. The van der Waals surface area contributed by atoms with Crippen LogP contribution in [0.5, 0.6) is 11.5 Å². The molecule has 0 aliphatic heterocycles. The van der Waals surface area contributed by atoms with E-state index in [0.29, 0.717) is 17.1 Å². The van der Waals surface area contributed by atoms with Crippen LogP contribution in [0.3, 0.4) is 0 Å². The van der Waals surface area contributed by atoms with Gasteiger partial charge in [0, 0.05) is 5.56 Å². The van der Waals surface area contributed by atoms with Gasteiger partial charge in [0.05, 0.1) is 20.3 Å². The predicted octanol–water partition coefficient (Wildman–Crippen LogP) is 3.12. The van der Waals surface area contributed by atoms with Gasteiger partial charge in [-0.05, 0) is 42.2 Å². The summed E-state index contributed by atoms with van der Waals surface area (Å²) >= 11 is 0. The summed E-state index contributed by atoms with van der Waals surface area (Å²) in [5, 5.41) is 3.10. The second-order valence-corrected chi connectivity index (χ2v) is 5.33. The third kappa shape index (κ3) is 2.64. The van der Waals surface area contributed by atoms with Gasteiger partial charge in [-0.15, -0.1) is 0 Å². The Labute approximate surface area is 130 Å². The van der Waals surface area contributed by atoms with E-state index >= 15 is 0 Å². The Kier molecular flexibility index (Phi) is 4.00. The smallest absolute Gasteiger partial charge is 0.251 e. The Balaban J connectivity index is 1.78. The summed E-state index contributed by atoms with van der Waals surface area (Å²) in [5.41, 5.74) is 3.11. The molecular formula is C18H19NO3. The zero-order valence-electron chi connectivity index (χ0n) is 12.8. The second kappa shape index (κ2) is 6.10. The summed E-state index contributed by atoms with van der Waals surface area (Å²) < 4.78 is 10.4. The average Bonchev–Trinajstić information content (AvgIpc) is 2.97. The predicted molar refractivity (Wildman–Crippen MR) is 84.5 cm³/mol. The Morgan fingerprint density at radius 3 is 2.64 bits per heavy atom. The summed E-state index contributed by atoms with van der Waals surface area (Å²) in [7, 11) is 3.14. The van der Waals surface area contributed by atoms with Gasteiger partial charge in [0.1, 0.15) is 0 Å². The van der Waals surface area contributed by atoms with Crippen LogP contribution in [0.15, 0.2) is 42.5 Å². The van der Waals surface area contributed by atoms with Gasteiger partial charge >= 0.3 is 0 Å². The van der Waals surface area contributed by atoms with Crippen LogP contribution in [0.1, 0.15) is 33.9 Å². The van der Waals surface area contributed by atoms with Crippen molar-refractivity contribution < 1.29 is 14.3 Å². The number of nitrogens with one attached hydrogen (secondary N) is 1. The van der Waals surface area contributed by atoms with Crippen LogP contribution in [-0.2, 0) is 6.42 Å². The normalized spacial score (nSPS) is 16.0. The standard InChI is InChI=1S/C18H19NO3/c1-21-16-10-8-13(11-17(16)22-2)18(20)19-15-9-7-12-5-3-4-6-14(12)15/h3-6,8,10-11,15H,7,9H2,1-2H3,(H,19,20)/t15-/m0/s1. The largest absolute Gasteiger partial charge is 0.493 e. The minimum absolute atomic E-state index is 0.0804. The maximum Gasteiger partial charge on any atom is 0.251 e. The molecular weight excluding hydrogens is 278 g/mol. The highest BCUT2D eigenvalue weighted by Crippen LogP contribution is 2.32. The minimum atomic E-state index is -0.0948. The third-order valence-electron chi connectivity index (χ3n) is 4.08. The van der Waals surface area contributed by atoms with Gasteiger partial charge in [-0.2, -0.15) is 0 Å². The molecule has 0 aromatic heterocycles. The number of hydrogen-bond donors (Lipinski definition) is 1. The van der Waals surface area contributed by atoms with E-state index in [1.807, 2.05) is 12.1 Å². The number of rotatable bonds is 4. The molecule has 4 heteroatoms. The topological polar surface area (TPSA) is 47.6 Å². The van der Waals surface area contributed by atoms with E-state index in [1.54, 1.807) is 32.4 Å². The molecule has 0 saturated carbocycles. The fourth-order valence-corrected chi connectivity index (χ4v) is 2.93. The van der Waals surface area contributed by atoms with Crippen molar-refractivity contribution in [3.05, 3.63) is 59.2 Å². The molecule has 0 fully saturated rings. The second-order valence-electron chi connectivity index (χ2n) is 5.33. The number of amides is 1. The SMILES string of the molecule is COc1ccc(C(=O)N[C@H]2CCc3ccccc32)cc1OC. The van der Waals surface area contributed by atoms with Crippen molar-refractivity contribution in [1.29, 1.82) is 0 Å². The monoisotopic (exact) mass is 297 g/mol. The lowest BCUT2D eigenvalue weighted by atomic mass is 10.1. The number of ether oxygens (including phenoxy) is 2. The Morgan fingerprint density at radius 2 is 1.86 bits per heavy atom. The van der Waals surface area contributed by atoms with Crippen molar-refractivity contribution in [1.82, 2.24) is 5.32 Å². The number of carbonyl (C=O) groups is 1. The first-order chi connectivity index (χ1) is 10.7. The van der Waals surface area contributed by atoms with Crippen molar-refractivity contribution in [2.75, 3.05) is 14.2 Å². The summed E-state index contributed by atoms with van der Waals surface area (Å²) in [6.45, 7) is 0. The summed E-state index contributed by atoms with van der Waals surface area (Å²) in [5.74, 6) is 1.08. The number of aryl methyl sites for hydroxylation is 1. The van der Waals surface area contributed by atoms with Gasteiger partial charge in [-0.1, -0.05) is 24.3 Å². The Bertz CT molecular complexity index is 696. The highest BCUT2D eigenvalue weighted by atomic mass is 16.5. The van der Waals surface area contributed by atoms with E-state index in [4.69, 9.17) is 9.47 Å². The van der Waals surface area contributed by atoms with E-state index < -0.39 is 0 Å². The van der Waals surface area contributed by atoms with Crippen LogP contribution in [0.4, 0.5) is 0 Å². The van der Waals surface area contributed by atoms with Crippen LogP contribution >= 0.6 is 0 Å². The van der Waals surface area contributed by atoms with E-state index in [-0.39, 0.29) is 11.9 Å². The number of methoxy groups -OCH3 is 2. The van der Waals surface area contributed by atoms with Crippen LogP contribution in [0.25, 0.3) is 0 Å². The van der Waals surface area contributed by atoms with Gasteiger partial charge in [-0.25, -0.2) is 0 Å². The highest BCUT2D eigenvalue weighted by Gasteiger charge is 2.24. The van der Waals surface area contributed by atoms with Crippen molar-refractivity contribution in [3.63, 3.8) is 0 Å². The van der Waals surface area contributed by atoms with Gasteiger partial charge in [0.25, 0.3) is 5.91 Å². The average molecular weight is 297 g/mol. The lowest BCUT2D eigenvalue weighted by Gasteiger charge is -2.15. The number of carbonyl (C=O) groups excluding carboxylic acids is 1. The lowest BCUT2D eigenvalue weighted by molar-refractivity contribution is 0.0936. The molecule has 2 aromatic rings. The van der Waals surface area contributed by atoms with Gasteiger partial charge in [-0.3, -0.25) is 4.79 Å². The van der Waals surface area contributed by atoms with Crippen LogP contribution in [-0.4, -0.2) is 20.1 Å². The molecule has 114 valence electrons. The highest BCUT2D eigenvalue weighted by molar-refractivity contribution is 5.95. The molecule has 0 heterocycles. The quantitative estimate of drug-likeness (QED) is 0.943. The number of fused-ring (bicyclic) bond motifs is 1. The summed E-state index contributed by atoms with van der Waals surface area (Å²) in [4.78, 5) is 12.5. The van der Waals surface area contributed by atoms with Crippen LogP contribution < -0.4 is 14.8 Å². The van der Waals surface area contributed by atoms with Crippen molar-refractivity contribution in [2.45, 2.75) is 18.9 Å². The van der Waals surface area contributed by atoms with Crippen molar-refractivity contribution in [2.24, 2.45) is 0 Å². The fourth-order valence-electron chi connectivity index (χ4n) is 2.93. The maximum atomic E-state index is 12.5. The maximum absolute atomic E-state index is 12.5. The zero-order valence-corrected chi connectivity index (χ0v) is 12.8. The first-order valence-electron chi connectivity index (χ1n) is 7.33. The van der Waals surface area contributed by atoms with Gasteiger partial charge in [0.15, 0.2) is 11.5 Å². The van der Waals surface area contributed by atoms with E-state index in [1.165, 1.54) is 11.1 Å². The summed E-state index contributed by atoms with van der Waals surface area (Å²) in [6, 6.07) is 13.5. The van der Waals surface area contributed by atoms with Crippen molar-refractivity contribution >= 4 is 5.91 Å². The van der Waals surface area contributed by atoms with E-state index in [9.17, 15) is 4.79 Å². The molecule has 3 rings (SSSR count). The molecule has 4 nitrogen and oxygen atoms in total. The molecule has 1 N–H and O–H groups in total. The number of hydrogen-bond acceptors (Lipinski definition) is 3. The molecule has 0 saturated heterocycles. The van der Waals surface area contributed by atoms with Crippen molar-refractivity contribution in [3.8, 4) is 11.5 Å². The van der Waals surface area contributed by atoms with Crippen LogP contribution in [0, 0.1) is 0 Å². The summed E-state index contributed by atoms with van der Waals surface area (Å²) in [6.07, 6.45) is 1.95. The molecule has 0 spiro atoms.